The maximum absolute atomic E-state index is 11.5. The van der Waals surface area contributed by atoms with Crippen LogP contribution in [0.4, 0.5) is 0 Å². The van der Waals surface area contributed by atoms with Crippen molar-refractivity contribution in [3.8, 4) is 5.75 Å². The number of rotatable bonds is 5. The van der Waals surface area contributed by atoms with Crippen LogP contribution in [0, 0.1) is 5.41 Å². The fourth-order valence-electron chi connectivity index (χ4n) is 1.38. The van der Waals surface area contributed by atoms with Crippen LogP contribution in [-0.4, -0.2) is 19.7 Å². The van der Waals surface area contributed by atoms with E-state index in [2.05, 4.69) is 15.9 Å². The Morgan fingerprint density at radius 1 is 1.44 bits per heavy atom. The molecule has 0 saturated carbocycles. The van der Waals surface area contributed by atoms with Gasteiger partial charge in [0.25, 0.3) is 0 Å². The highest BCUT2D eigenvalue weighted by atomic mass is 79.9. The van der Waals surface area contributed by atoms with Gasteiger partial charge in [-0.25, -0.2) is 0 Å². The third-order valence-electron chi connectivity index (χ3n) is 2.56. The van der Waals surface area contributed by atoms with Gasteiger partial charge in [-0.15, -0.1) is 0 Å². The second-order valence-corrected chi connectivity index (χ2v) is 5.49. The van der Waals surface area contributed by atoms with Crippen molar-refractivity contribution >= 4 is 21.9 Å². The van der Waals surface area contributed by atoms with Crippen molar-refractivity contribution in [2.24, 2.45) is 11.1 Å². The highest BCUT2D eigenvalue weighted by Crippen LogP contribution is 2.28. The number of hydrogen-bond acceptors (Lipinski definition) is 4. The number of nitrogens with two attached hydrogens (primary N) is 1. The van der Waals surface area contributed by atoms with E-state index in [1.165, 1.54) is 7.11 Å². The van der Waals surface area contributed by atoms with Gasteiger partial charge in [0.15, 0.2) is 0 Å². The lowest BCUT2D eigenvalue weighted by Gasteiger charge is -2.22. The van der Waals surface area contributed by atoms with Crippen molar-refractivity contribution in [1.29, 1.82) is 0 Å². The van der Waals surface area contributed by atoms with Gasteiger partial charge in [0.1, 0.15) is 12.4 Å². The van der Waals surface area contributed by atoms with E-state index in [0.29, 0.717) is 12.3 Å². The number of halogens is 1. The zero-order valence-electron chi connectivity index (χ0n) is 10.8. The Balaban J connectivity index is 2.72. The third kappa shape index (κ3) is 3.71. The standard InChI is InChI=1S/C13H18BrNO3/c1-13(2,12(16)17-3)8-18-11-5-4-9(7-15)6-10(11)14/h4-6H,7-8,15H2,1-3H3. The van der Waals surface area contributed by atoms with E-state index in [0.717, 1.165) is 10.0 Å². The predicted octanol–water partition coefficient (Wildman–Crippen LogP) is 2.49. The molecule has 4 nitrogen and oxygen atoms in total. The summed E-state index contributed by atoms with van der Waals surface area (Å²) in [5.74, 6) is 0.390. The largest absolute Gasteiger partial charge is 0.491 e. The molecule has 0 amide bonds. The molecule has 0 heterocycles. The third-order valence-corrected chi connectivity index (χ3v) is 3.18. The molecule has 18 heavy (non-hydrogen) atoms. The Kier molecular flexibility index (Phi) is 5.16. The van der Waals surface area contributed by atoms with Gasteiger partial charge in [0.2, 0.25) is 0 Å². The highest BCUT2D eigenvalue weighted by Gasteiger charge is 2.29. The van der Waals surface area contributed by atoms with Crippen LogP contribution < -0.4 is 10.5 Å². The second-order valence-electron chi connectivity index (χ2n) is 4.63. The molecule has 0 bridgehead atoms. The molecule has 0 fully saturated rings. The summed E-state index contributed by atoms with van der Waals surface area (Å²) in [4.78, 5) is 11.5. The fourth-order valence-corrected chi connectivity index (χ4v) is 1.92. The minimum Gasteiger partial charge on any atom is -0.491 e. The van der Waals surface area contributed by atoms with Crippen molar-refractivity contribution in [3.63, 3.8) is 0 Å². The highest BCUT2D eigenvalue weighted by molar-refractivity contribution is 9.10. The first-order valence-corrected chi connectivity index (χ1v) is 6.39. The lowest BCUT2D eigenvalue weighted by molar-refractivity contribution is -0.152. The fraction of sp³-hybridized carbons (Fsp3) is 0.462. The number of carbonyl (C=O) groups excluding carboxylic acids is 1. The topological polar surface area (TPSA) is 61.5 Å². The predicted molar refractivity (Wildman–Crippen MR) is 73.3 cm³/mol. The Hall–Kier alpha value is -1.07. The molecule has 0 atom stereocenters. The summed E-state index contributed by atoms with van der Waals surface area (Å²) in [5.41, 5.74) is 5.88. The number of hydrogen-bond donors (Lipinski definition) is 1. The summed E-state index contributed by atoms with van der Waals surface area (Å²) in [7, 11) is 1.37. The smallest absolute Gasteiger partial charge is 0.314 e. The molecule has 0 aliphatic carbocycles. The second kappa shape index (κ2) is 6.20. The van der Waals surface area contributed by atoms with Gasteiger partial charge in [-0.05, 0) is 47.5 Å². The number of ether oxygens (including phenoxy) is 2. The molecule has 0 aliphatic rings. The molecular weight excluding hydrogens is 298 g/mol. The summed E-state index contributed by atoms with van der Waals surface area (Å²) in [6, 6.07) is 5.63. The summed E-state index contributed by atoms with van der Waals surface area (Å²) in [6.45, 7) is 4.29. The van der Waals surface area contributed by atoms with Crippen molar-refractivity contribution in [2.45, 2.75) is 20.4 Å². The SMILES string of the molecule is COC(=O)C(C)(C)COc1ccc(CN)cc1Br. The maximum Gasteiger partial charge on any atom is 0.314 e. The van der Waals surface area contributed by atoms with Gasteiger partial charge in [-0.3, -0.25) is 4.79 Å². The Labute approximate surface area is 116 Å². The average Bonchev–Trinajstić information content (AvgIpc) is 2.36. The summed E-state index contributed by atoms with van der Waals surface area (Å²) < 4.78 is 11.2. The molecule has 1 rings (SSSR count). The van der Waals surface area contributed by atoms with E-state index in [9.17, 15) is 4.79 Å². The van der Waals surface area contributed by atoms with Crippen LogP contribution in [0.25, 0.3) is 0 Å². The van der Waals surface area contributed by atoms with Crippen LogP contribution in [-0.2, 0) is 16.1 Å². The normalized spacial score (nSPS) is 11.2. The van der Waals surface area contributed by atoms with E-state index in [-0.39, 0.29) is 12.6 Å². The molecule has 0 saturated heterocycles. The van der Waals surface area contributed by atoms with E-state index in [1.54, 1.807) is 13.8 Å². The van der Waals surface area contributed by atoms with Gasteiger partial charge in [-0.2, -0.15) is 0 Å². The first-order valence-electron chi connectivity index (χ1n) is 5.60. The van der Waals surface area contributed by atoms with E-state index in [4.69, 9.17) is 15.2 Å². The molecular formula is C13H18BrNO3. The van der Waals surface area contributed by atoms with Crippen LogP contribution in [0.1, 0.15) is 19.4 Å². The first kappa shape index (κ1) is 15.0. The maximum atomic E-state index is 11.5. The van der Waals surface area contributed by atoms with E-state index in [1.807, 2.05) is 18.2 Å². The molecule has 100 valence electrons. The molecule has 1 aromatic carbocycles. The molecule has 0 aliphatic heterocycles. The Bertz CT molecular complexity index is 432. The molecule has 1 aromatic rings. The molecule has 0 unspecified atom stereocenters. The Morgan fingerprint density at radius 2 is 2.11 bits per heavy atom. The van der Waals surface area contributed by atoms with Crippen molar-refractivity contribution in [2.75, 3.05) is 13.7 Å². The molecule has 0 spiro atoms. The van der Waals surface area contributed by atoms with Crippen LogP contribution in [0.15, 0.2) is 22.7 Å². The van der Waals surface area contributed by atoms with Gasteiger partial charge >= 0.3 is 5.97 Å². The zero-order chi connectivity index (χ0) is 13.8. The average molecular weight is 316 g/mol. The minimum absolute atomic E-state index is 0.250. The number of esters is 1. The summed E-state index contributed by atoms with van der Waals surface area (Å²) in [6.07, 6.45) is 0. The van der Waals surface area contributed by atoms with Crippen molar-refractivity contribution in [1.82, 2.24) is 0 Å². The minimum atomic E-state index is -0.680. The van der Waals surface area contributed by atoms with Crippen LogP contribution in [0.2, 0.25) is 0 Å². The Morgan fingerprint density at radius 3 is 2.61 bits per heavy atom. The van der Waals surface area contributed by atoms with E-state index < -0.39 is 5.41 Å². The molecule has 5 heteroatoms. The van der Waals surface area contributed by atoms with Crippen molar-refractivity contribution < 1.29 is 14.3 Å². The number of methoxy groups -OCH3 is 1. The molecule has 2 N–H and O–H groups in total. The van der Waals surface area contributed by atoms with Crippen LogP contribution >= 0.6 is 15.9 Å². The molecule has 0 aromatic heterocycles. The summed E-state index contributed by atoms with van der Waals surface area (Å²) in [5, 5.41) is 0. The summed E-state index contributed by atoms with van der Waals surface area (Å²) >= 11 is 3.41. The van der Waals surface area contributed by atoms with Crippen LogP contribution in [0.5, 0.6) is 5.75 Å². The molecule has 0 radical (unpaired) electrons. The zero-order valence-corrected chi connectivity index (χ0v) is 12.4. The monoisotopic (exact) mass is 315 g/mol. The van der Waals surface area contributed by atoms with Gasteiger partial charge < -0.3 is 15.2 Å². The van der Waals surface area contributed by atoms with Gasteiger partial charge in [0.05, 0.1) is 17.0 Å². The van der Waals surface area contributed by atoms with Gasteiger partial charge in [0, 0.05) is 6.54 Å². The van der Waals surface area contributed by atoms with Gasteiger partial charge in [-0.1, -0.05) is 6.07 Å². The van der Waals surface area contributed by atoms with Crippen molar-refractivity contribution in [3.05, 3.63) is 28.2 Å². The first-order chi connectivity index (χ1) is 8.40. The van der Waals surface area contributed by atoms with E-state index >= 15 is 0 Å². The number of benzene rings is 1. The quantitative estimate of drug-likeness (QED) is 0.848. The lowest BCUT2D eigenvalue weighted by atomic mass is 9.95. The number of carbonyl (C=O) groups is 1. The lowest BCUT2D eigenvalue weighted by Crippen LogP contribution is -2.32. The van der Waals surface area contributed by atoms with Crippen LogP contribution in [0.3, 0.4) is 0 Å².